The van der Waals surface area contributed by atoms with Gasteiger partial charge in [-0.1, -0.05) is 57.7 Å². The highest BCUT2D eigenvalue weighted by Crippen LogP contribution is 2.27. The van der Waals surface area contributed by atoms with E-state index < -0.39 is 21.8 Å². The topological polar surface area (TPSA) is 318 Å². The molecule has 0 unspecified atom stereocenters. The van der Waals surface area contributed by atoms with Crippen LogP contribution in [0.3, 0.4) is 0 Å². The summed E-state index contributed by atoms with van der Waals surface area (Å²) in [4.78, 5) is 28.3. The van der Waals surface area contributed by atoms with Gasteiger partial charge in [-0.25, -0.2) is 13.6 Å². The van der Waals surface area contributed by atoms with Crippen molar-refractivity contribution >= 4 is 90.3 Å². The summed E-state index contributed by atoms with van der Waals surface area (Å²) in [5.41, 5.74) is 11.6. The summed E-state index contributed by atoms with van der Waals surface area (Å²) in [5, 5.41) is 30.2. The number of nitrogens with one attached hydrogen (secondary N) is 4. The van der Waals surface area contributed by atoms with Gasteiger partial charge in [-0.2, -0.15) is 28.4 Å². The van der Waals surface area contributed by atoms with Gasteiger partial charge in [-0.15, -0.1) is 0 Å². The van der Waals surface area contributed by atoms with Crippen molar-refractivity contribution in [2.45, 2.75) is 97.5 Å². The molecule has 86 heavy (non-hydrogen) atoms. The van der Waals surface area contributed by atoms with E-state index in [0.29, 0.717) is 81.1 Å². The van der Waals surface area contributed by atoms with Gasteiger partial charge in [0.15, 0.2) is 22.3 Å². The Morgan fingerprint density at radius 3 is 1.44 bits per heavy atom. The molecular weight excluding hydrogens is 1160 g/mol. The fourth-order valence-corrected chi connectivity index (χ4v) is 7.60. The number of carbonyl (C=O) groups is 1. The number of nitrogens with two attached hydrogens (primary N) is 1. The van der Waals surface area contributed by atoms with E-state index >= 15 is 0 Å². The molecule has 0 aliphatic heterocycles. The van der Waals surface area contributed by atoms with Crippen molar-refractivity contribution in [2.24, 2.45) is 5.73 Å². The monoisotopic (exact) mass is 1230 g/mol. The summed E-state index contributed by atoms with van der Waals surface area (Å²) in [6.45, 7) is 16.2. The van der Waals surface area contributed by atoms with E-state index in [1.54, 1.807) is 93.6 Å². The number of carbonyl (C=O) groups excluding carboxylic acids is 1. The minimum atomic E-state index is -4.02. The van der Waals surface area contributed by atoms with Crippen LogP contribution in [-0.2, 0) is 14.9 Å². The van der Waals surface area contributed by atoms with E-state index in [1.807, 2.05) is 6.92 Å². The number of aromatic hydroxyl groups is 2. The van der Waals surface area contributed by atoms with Crippen molar-refractivity contribution < 1.29 is 68.6 Å². The zero-order valence-electron chi connectivity index (χ0n) is 48.9. The van der Waals surface area contributed by atoms with Crippen LogP contribution >= 0.6 is 11.6 Å². The van der Waals surface area contributed by atoms with Gasteiger partial charge in [-0.3, -0.25) is 4.55 Å². The Morgan fingerprint density at radius 2 is 1.03 bits per heavy atom. The highest BCUT2D eigenvalue weighted by molar-refractivity contribution is 7.85. The maximum absolute atomic E-state index is 13.1. The second-order valence-electron chi connectivity index (χ2n) is 19.9. The fraction of sp³-hybridized carbons (Fsp3) is 0.350. The van der Waals surface area contributed by atoms with Gasteiger partial charge in [0, 0.05) is 68.1 Å². The average molecular weight is 1230 g/mol. The summed E-state index contributed by atoms with van der Waals surface area (Å²) in [6.07, 6.45) is 6.78. The highest BCUT2D eigenvalue weighted by Gasteiger charge is 2.17. The van der Waals surface area contributed by atoms with Crippen molar-refractivity contribution in [3.05, 3.63) is 132 Å². The molecule has 4 heterocycles. The average Bonchev–Trinajstić information content (AvgIpc) is 3.26. The lowest BCUT2D eigenvalue weighted by Gasteiger charge is -2.20. The Hall–Kier alpha value is -8.65. The quantitative estimate of drug-likeness (QED) is 0.0231. The van der Waals surface area contributed by atoms with Crippen LogP contribution in [0.1, 0.15) is 85.6 Å². The third kappa shape index (κ3) is 23.8. The molecule has 9 aromatic rings. The second-order valence-corrected chi connectivity index (χ2v) is 21.6. The molecule has 9 rings (SSSR count). The number of hydrogen-bond donors (Lipinski definition) is 8. The normalized spacial score (nSPS) is 11.5. The predicted octanol–water partition coefficient (Wildman–Crippen LogP) is 14.2. The summed E-state index contributed by atoms with van der Waals surface area (Å²) < 4.78 is 92.8. The molecule has 464 valence electrons. The van der Waals surface area contributed by atoms with Crippen LogP contribution < -0.4 is 36.5 Å². The number of rotatable bonds is 22. The number of hydrogen-bond acceptors (Lipinski definition) is 20. The van der Waals surface area contributed by atoms with Crippen molar-refractivity contribution in [3.63, 3.8) is 0 Å². The van der Waals surface area contributed by atoms with Crippen LogP contribution in [0.4, 0.5) is 31.6 Å². The number of alkyl carbamates (subject to hydrolysis) is 1. The number of aromatic nitrogens is 4. The van der Waals surface area contributed by atoms with E-state index in [4.69, 9.17) is 58.9 Å². The number of amides is 1. The maximum atomic E-state index is 13.1. The van der Waals surface area contributed by atoms with Crippen LogP contribution in [0.5, 0.6) is 23.0 Å². The molecular formula is C60H74ClF2N9O13S. The largest absolute Gasteiger partial charge is 0.508 e. The Morgan fingerprint density at radius 1 is 0.628 bits per heavy atom. The molecule has 0 radical (unpaired) electrons. The van der Waals surface area contributed by atoms with E-state index in [2.05, 4.69) is 62.0 Å². The minimum absolute atomic E-state index is 0.0124. The Kier molecular flexibility index (Phi) is 27.2. The number of fused-ring (bicyclic) bond motifs is 4. The number of benzene rings is 5. The number of ether oxygens (including phenoxy) is 3. The number of phenols is 2. The number of halogens is 3. The molecule has 5 aromatic carbocycles. The third-order valence-electron chi connectivity index (χ3n) is 11.5. The van der Waals surface area contributed by atoms with Crippen LogP contribution in [0.2, 0.25) is 5.35 Å². The molecule has 22 nitrogen and oxygen atoms in total. The second kappa shape index (κ2) is 34.3. The standard InChI is InChI=1S/C20H28FN3O4.C15H20FN3O2.C11H14N2O2.C7H4ClNO2.C7H8O3S/c1-5-6-9-22-18-24-16-8-7-15(10-17(16)27-18)26-13-14(11-21)12-23-19(25)28-20(2,3)4;1-2-3-6-18-15-19-13-5-4-12(7-14(13)21-15)20-10-11(8-16)9-17;1-2-3-6-12-11-13-9-5-4-8(14)7-10(9)15-11;8-7-9-5-2-1-4(10)3-6(5)11-7;1-6-2-4-7(5-3-6)11(8,9)10/h7-8,10-11H,5-6,9,12-13H2,1-4H3,(H,22,24)(H,23,25);4-5,7-8H,2-3,6,9-10,17H2,1H3,(H,18,19);4-5,7,14H,2-3,6H2,1H3,(H,12,13);1-3,10H;2-5H,1H3,(H,8,9,10)/b14-11-;11-8-;;;. The fourth-order valence-electron chi connectivity index (χ4n) is 6.95. The molecule has 0 aliphatic rings. The van der Waals surface area contributed by atoms with Crippen LogP contribution in [-0.4, -0.2) is 101 Å². The van der Waals surface area contributed by atoms with Crippen molar-refractivity contribution in [1.82, 2.24) is 25.3 Å². The molecule has 9 N–H and O–H groups in total. The van der Waals surface area contributed by atoms with E-state index in [0.717, 1.165) is 74.8 Å². The summed E-state index contributed by atoms with van der Waals surface area (Å²) in [6, 6.07) is 27.5. The lowest BCUT2D eigenvalue weighted by Crippen LogP contribution is -2.34. The van der Waals surface area contributed by atoms with E-state index in [-0.39, 0.29) is 53.6 Å². The van der Waals surface area contributed by atoms with Gasteiger partial charge in [0.05, 0.1) is 17.6 Å². The molecule has 1 amide bonds. The van der Waals surface area contributed by atoms with Gasteiger partial charge in [-0.05, 0) is 119 Å². The Bertz CT molecular complexity index is 3710. The third-order valence-corrected chi connectivity index (χ3v) is 12.5. The summed E-state index contributed by atoms with van der Waals surface area (Å²) in [7, 11) is -4.02. The number of nitrogens with zero attached hydrogens (tertiary/aromatic N) is 4. The highest BCUT2D eigenvalue weighted by atomic mass is 35.5. The molecule has 0 saturated heterocycles. The van der Waals surface area contributed by atoms with Crippen molar-refractivity contribution in [2.75, 3.05) is 61.9 Å². The number of anilines is 3. The molecule has 26 heteroatoms. The van der Waals surface area contributed by atoms with E-state index in [9.17, 15) is 27.1 Å². The van der Waals surface area contributed by atoms with Crippen LogP contribution in [0.15, 0.2) is 143 Å². The first kappa shape index (κ1) is 68.1. The van der Waals surface area contributed by atoms with Gasteiger partial charge >= 0.3 is 6.09 Å². The van der Waals surface area contributed by atoms with Gasteiger partial charge in [0.25, 0.3) is 33.5 Å². The van der Waals surface area contributed by atoms with E-state index in [1.165, 1.54) is 24.3 Å². The molecule has 0 spiro atoms. The molecule has 0 fully saturated rings. The lowest BCUT2D eigenvalue weighted by molar-refractivity contribution is 0.0531. The van der Waals surface area contributed by atoms with Crippen LogP contribution in [0.25, 0.3) is 44.4 Å². The first-order valence-corrected chi connectivity index (χ1v) is 29.3. The predicted molar refractivity (Wildman–Crippen MR) is 328 cm³/mol. The van der Waals surface area contributed by atoms with Crippen molar-refractivity contribution in [1.29, 1.82) is 0 Å². The molecule has 0 atom stereocenters. The smallest absolute Gasteiger partial charge is 0.407 e. The molecule has 0 saturated carbocycles. The number of unbranched alkanes of at least 4 members (excludes halogenated alkanes) is 3. The molecule has 0 aliphatic carbocycles. The first-order valence-electron chi connectivity index (χ1n) is 27.5. The zero-order chi connectivity index (χ0) is 62.7. The SMILES string of the molecule is CCCCNc1nc2ccc(O)cc2o1.CCCCNc1nc2ccc(OC/C(=C\F)CN)cc2o1.CCCCNc1nc2ccc(OC/C(=C\F)CNC(=O)OC(C)(C)C)cc2o1.Cc1ccc(S(=O)(=O)O)cc1.Oc1ccc2nc(Cl)oc2c1. The first-order chi connectivity index (χ1) is 41.1. The number of oxazole rings is 4. The summed E-state index contributed by atoms with van der Waals surface area (Å²) in [5.74, 6) is 1.44. The number of phenolic OH excluding ortho intramolecular Hbond substituents is 2. The molecule has 4 aromatic heterocycles. The minimum Gasteiger partial charge on any atom is -0.508 e. The number of aryl methyl sites for hydroxylation is 1. The van der Waals surface area contributed by atoms with Crippen LogP contribution in [0, 0.1) is 6.92 Å². The van der Waals surface area contributed by atoms with Gasteiger partial charge in [0.2, 0.25) is 0 Å². The Labute approximate surface area is 501 Å². The summed E-state index contributed by atoms with van der Waals surface area (Å²) >= 11 is 5.48. The van der Waals surface area contributed by atoms with Gasteiger partial charge in [0.1, 0.15) is 63.9 Å². The lowest BCUT2D eigenvalue weighted by atomic mass is 10.2. The zero-order valence-corrected chi connectivity index (χ0v) is 50.5. The Balaban J connectivity index is 0.000000206. The van der Waals surface area contributed by atoms with Gasteiger partial charge < -0.3 is 69.1 Å². The molecule has 0 bridgehead atoms. The maximum Gasteiger partial charge on any atom is 0.407 e. The van der Waals surface area contributed by atoms with Crippen molar-refractivity contribution in [3.8, 4) is 23.0 Å².